The molecule has 0 unspecified atom stereocenters. The summed E-state index contributed by atoms with van der Waals surface area (Å²) < 4.78 is 11.0. The van der Waals surface area contributed by atoms with Gasteiger partial charge in [-0.2, -0.15) is 4.98 Å². The molecule has 5 nitrogen and oxygen atoms in total. The van der Waals surface area contributed by atoms with Crippen molar-refractivity contribution in [2.24, 2.45) is 0 Å². The molecule has 5 heteroatoms. The standard InChI is InChI=1S/C14H17N3O2/c1-3-13-16-12(15)9-14(17-13)19-11-7-5-10(6-8-11)18-4-2/h5-9H,3-4H2,1-2H3,(H2,15,16,17). The zero-order chi connectivity index (χ0) is 13.7. The molecule has 2 aromatic rings. The Morgan fingerprint density at radius 1 is 1.05 bits per heavy atom. The predicted molar refractivity (Wildman–Crippen MR) is 73.5 cm³/mol. The van der Waals surface area contributed by atoms with Gasteiger partial charge in [0, 0.05) is 12.5 Å². The first kappa shape index (κ1) is 13.1. The fourth-order valence-corrected chi connectivity index (χ4v) is 1.59. The van der Waals surface area contributed by atoms with Gasteiger partial charge < -0.3 is 15.2 Å². The highest BCUT2D eigenvalue weighted by Crippen LogP contribution is 2.23. The highest BCUT2D eigenvalue weighted by molar-refractivity contribution is 5.37. The van der Waals surface area contributed by atoms with Crippen LogP contribution in [0.2, 0.25) is 0 Å². The van der Waals surface area contributed by atoms with Crippen molar-refractivity contribution in [3.05, 3.63) is 36.2 Å². The van der Waals surface area contributed by atoms with Crippen molar-refractivity contribution in [2.45, 2.75) is 20.3 Å². The number of hydrogen-bond acceptors (Lipinski definition) is 5. The number of nitrogens with two attached hydrogens (primary N) is 1. The summed E-state index contributed by atoms with van der Waals surface area (Å²) in [5, 5.41) is 0. The van der Waals surface area contributed by atoms with Crippen LogP contribution in [0.3, 0.4) is 0 Å². The van der Waals surface area contributed by atoms with Gasteiger partial charge in [0.2, 0.25) is 5.88 Å². The van der Waals surface area contributed by atoms with Gasteiger partial charge in [-0.05, 0) is 31.2 Å². The van der Waals surface area contributed by atoms with Gasteiger partial charge >= 0.3 is 0 Å². The van der Waals surface area contributed by atoms with Crippen LogP contribution in [-0.2, 0) is 6.42 Å². The maximum Gasteiger partial charge on any atom is 0.224 e. The number of hydrogen-bond donors (Lipinski definition) is 1. The molecular weight excluding hydrogens is 242 g/mol. The van der Waals surface area contributed by atoms with E-state index in [0.717, 1.165) is 5.75 Å². The van der Waals surface area contributed by atoms with Gasteiger partial charge in [0.15, 0.2) is 0 Å². The number of benzene rings is 1. The van der Waals surface area contributed by atoms with Crippen LogP contribution in [0, 0.1) is 0 Å². The summed E-state index contributed by atoms with van der Waals surface area (Å²) in [6.07, 6.45) is 0.713. The van der Waals surface area contributed by atoms with Crippen molar-refractivity contribution >= 4 is 5.82 Å². The fraction of sp³-hybridized carbons (Fsp3) is 0.286. The third-order valence-electron chi connectivity index (χ3n) is 2.44. The van der Waals surface area contributed by atoms with Gasteiger partial charge in [-0.25, -0.2) is 4.98 Å². The third-order valence-corrected chi connectivity index (χ3v) is 2.44. The van der Waals surface area contributed by atoms with E-state index in [1.54, 1.807) is 6.07 Å². The summed E-state index contributed by atoms with van der Waals surface area (Å²) >= 11 is 0. The first-order chi connectivity index (χ1) is 9.21. The number of aryl methyl sites for hydroxylation is 1. The van der Waals surface area contributed by atoms with E-state index in [1.165, 1.54) is 0 Å². The molecule has 0 saturated carbocycles. The third kappa shape index (κ3) is 3.58. The van der Waals surface area contributed by atoms with Crippen LogP contribution in [0.15, 0.2) is 30.3 Å². The minimum absolute atomic E-state index is 0.410. The summed E-state index contributed by atoms with van der Waals surface area (Å²) in [6, 6.07) is 8.97. The van der Waals surface area contributed by atoms with Gasteiger partial charge in [0.05, 0.1) is 6.61 Å². The molecule has 0 aliphatic heterocycles. The van der Waals surface area contributed by atoms with Crippen LogP contribution in [-0.4, -0.2) is 16.6 Å². The molecule has 0 aliphatic carbocycles. The molecule has 1 aromatic carbocycles. The Balaban J connectivity index is 2.14. The molecule has 19 heavy (non-hydrogen) atoms. The van der Waals surface area contributed by atoms with Gasteiger partial charge in [-0.1, -0.05) is 6.92 Å². The SMILES string of the molecule is CCOc1ccc(Oc2cc(N)nc(CC)n2)cc1. The Morgan fingerprint density at radius 3 is 2.37 bits per heavy atom. The maximum atomic E-state index is 5.70. The largest absolute Gasteiger partial charge is 0.494 e. The van der Waals surface area contributed by atoms with Gasteiger partial charge in [-0.3, -0.25) is 0 Å². The molecule has 0 saturated heterocycles. The first-order valence-electron chi connectivity index (χ1n) is 6.25. The molecule has 0 bridgehead atoms. The molecule has 2 N–H and O–H groups in total. The van der Waals surface area contributed by atoms with E-state index >= 15 is 0 Å². The Morgan fingerprint density at radius 2 is 1.74 bits per heavy atom. The molecule has 1 heterocycles. The van der Waals surface area contributed by atoms with Gasteiger partial charge in [0.25, 0.3) is 0 Å². The predicted octanol–water partition coefficient (Wildman–Crippen LogP) is 2.81. The average Bonchev–Trinajstić information content (AvgIpc) is 2.40. The molecule has 0 atom stereocenters. The number of nitrogen functional groups attached to an aromatic ring is 1. The van der Waals surface area contributed by atoms with E-state index in [4.69, 9.17) is 15.2 Å². The summed E-state index contributed by atoms with van der Waals surface area (Å²) in [5.41, 5.74) is 5.70. The van der Waals surface area contributed by atoms with E-state index in [-0.39, 0.29) is 0 Å². The van der Waals surface area contributed by atoms with Crippen molar-refractivity contribution in [3.63, 3.8) is 0 Å². The highest BCUT2D eigenvalue weighted by Gasteiger charge is 2.04. The van der Waals surface area contributed by atoms with E-state index in [9.17, 15) is 0 Å². The number of anilines is 1. The van der Waals surface area contributed by atoms with Crippen molar-refractivity contribution < 1.29 is 9.47 Å². The Kier molecular flexibility index (Phi) is 4.18. The molecule has 100 valence electrons. The van der Waals surface area contributed by atoms with Crippen molar-refractivity contribution in [3.8, 4) is 17.4 Å². The lowest BCUT2D eigenvalue weighted by Crippen LogP contribution is -2.00. The van der Waals surface area contributed by atoms with Crippen molar-refractivity contribution in [1.82, 2.24) is 9.97 Å². The quantitative estimate of drug-likeness (QED) is 0.894. The lowest BCUT2D eigenvalue weighted by atomic mass is 10.3. The Bertz CT molecular complexity index is 541. The van der Waals surface area contributed by atoms with E-state index in [0.29, 0.717) is 36.3 Å². The summed E-state index contributed by atoms with van der Waals surface area (Å²) in [7, 11) is 0. The highest BCUT2D eigenvalue weighted by atomic mass is 16.5. The van der Waals surface area contributed by atoms with Crippen LogP contribution in [0.4, 0.5) is 5.82 Å². The smallest absolute Gasteiger partial charge is 0.224 e. The second-order valence-corrected chi connectivity index (χ2v) is 3.91. The molecule has 0 amide bonds. The van der Waals surface area contributed by atoms with Gasteiger partial charge in [0.1, 0.15) is 23.1 Å². The Labute approximate surface area is 112 Å². The molecule has 1 aromatic heterocycles. The monoisotopic (exact) mass is 259 g/mol. The minimum Gasteiger partial charge on any atom is -0.494 e. The zero-order valence-electron chi connectivity index (χ0n) is 11.1. The second kappa shape index (κ2) is 6.04. The van der Waals surface area contributed by atoms with Crippen LogP contribution in [0.1, 0.15) is 19.7 Å². The number of aromatic nitrogens is 2. The molecule has 2 rings (SSSR count). The second-order valence-electron chi connectivity index (χ2n) is 3.91. The van der Waals surface area contributed by atoms with Crippen molar-refractivity contribution in [1.29, 1.82) is 0 Å². The topological polar surface area (TPSA) is 70.3 Å². The van der Waals surface area contributed by atoms with Crippen LogP contribution >= 0.6 is 0 Å². The van der Waals surface area contributed by atoms with Crippen LogP contribution in [0.5, 0.6) is 17.4 Å². The normalized spacial score (nSPS) is 10.2. The molecule has 0 fully saturated rings. The Hall–Kier alpha value is -2.30. The van der Waals surface area contributed by atoms with Crippen molar-refractivity contribution in [2.75, 3.05) is 12.3 Å². The number of ether oxygens (including phenoxy) is 2. The molecular formula is C14H17N3O2. The number of rotatable bonds is 5. The van der Waals surface area contributed by atoms with E-state index in [1.807, 2.05) is 38.1 Å². The molecule has 0 radical (unpaired) electrons. The van der Waals surface area contributed by atoms with Gasteiger partial charge in [-0.15, -0.1) is 0 Å². The summed E-state index contributed by atoms with van der Waals surface area (Å²) in [5.74, 6) is 3.03. The number of nitrogens with zero attached hydrogens (tertiary/aromatic N) is 2. The van der Waals surface area contributed by atoms with E-state index < -0.39 is 0 Å². The van der Waals surface area contributed by atoms with E-state index in [2.05, 4.69) is 9.97 Å². The first-order valence-corrected chi connectivity index (χ1v) is 6.25. The lowest BCUT2D eigenvalue weighted by molar-refractivity contribution is 0.339. The molecule has 0 aliphatic rings. The summed E-state index contributed by atoms with van der Waals surface area (Å²) in [6.45, 7) is 4.55. The maximum absolute atomic E-state index is 5.70. The van der Waals surface area contributed by atoms with Crippen LogP contribution < -0.4 is 15.2 Å². The minimum atomic E-state index is 0.410. The van der Waals surface area contributed by atoms with Crippen LogP contribution in [0.25, 0.3) is 0 Å². The lowest BCUT2D eigenvalue weighted by Gasteiger charge is -2.08. The zero-order valence-corrected chi connectivity index (χ0v) is 11.1. The molecule has 0 spiro atoms. The summed E-state index contributed by atoms with van der Waals surface area (Å²) in [4.78, 5) is 8.36. The fourth-order valence-electron chi connectivity index (χ4n) is 1.59. The average molecular weight is 259 g/mol.